The first-order valence-electron chi connectivity index (χ1n) is 8.52. The van der Waals surface area contributed by atoms with Crippen LogP contribution in [0.2, 0.25) is 0 Å². The SMILES string of the molecule is C=C(CC(CC)C(C)C(C)C(C)C)C(C)CCCC. The topological polar surface area (TPSA) is 0 Å². The molecule has 0 aromatic rings. The first-order valence-corrected chi connectivity index (χ1v) is 8.52. The third-order valence-corrected chi connectivity index (χ3v) is 5.36. The molecule has 0 nitrogen and oxygen atoms in total. The molecule has 0 bridgehead atoms. The Hall–Kier alpha value is -0.260. The van der Waals surface area contributed by atoms with Crippen molar-refractivity contribution in [2.24, 2.45) is 29.6 Å². The van der Waals surface area contributed by atoms with Gasteiger partial charge in [0.05, 0.1) is 0 Å². The maximum Gasteiger partial charge on any atom is -0.0234 e. The highest BCUT2D eigenvalue weighted by Gasteiger charge is 2.24. The number of allylic oxidation sites excluding steroid dienone is 1. The Bertz CT molecular complexity index is 238. The average molecular weight is 267 g/mol. The van der Waals surface area contributed by atoms with E-state index >= 15 is 0 Å². The minimum Gasteiger partial charge on any atom is -0.0996 e. The lowest BCUT2D eigenvalue weighted by Gasteiger charge is -2.32. The van der Waals surface area contributed by atoms with Gasteiger partial charge in [0.25, 0.3) is 0 Å². The van der Waals surface area contributed by atoms with Crippen LogP contribution in [0.3, 0.4) is 0 Å². The Labute approximate surface area is 123 Å². The van der Waals surface area contributed by atoms with Gasteiger partial charge < -0.3 is 0 Å². The number of unbranched alkanes of at least 4 members (excludes halogenated alkanes) is 1. The summed E-state index contributed by atoms with van der Waals surface area (Å²) in [6.45, 7) is 20.9. The van der Waals surface area contributed by atoms with Gasteiger partial charge in [0.1, 0.15) is 0 Å². The largest absolute Gasteiger partial charge is 0.0996 e. The molecule has 0 N–H and O–H groups in total. The van der Waals surface area contributed by atoms with E-state index in [1.807, 2.05) is 0 Å². The molecule has 0 aromatic heterocycles. The zero-order valence-electron chi connectivity index (χ0n) is 14.6. The lowest BCUT2D eigenvalue weighted by molar-refractivity contribution is 0.202. The van der Waals surface area contributed by atoms with Crippen LogP contribution >= 0.6 is 0 Å². The van der Waals surface area contributed by atoms with Crippen molar-refractivity contribution in [3.8, 4) is 0 Å². The fourth-order valence-electron chi connectivity index (χ4n) is 2.99. The van der Waals surface area contributed by atoms with E-state index in [2.05, 4.69) is 55.0 Å². The van der Waals surface area contributed by atoms with Gasteiger partial charge in [-0.3, -0.25) is 0 Å². The zero-order chi connectivity index (χ0) is 15.0. The van der Waals surface area contributed by atoms with Crippen LogP contribution in [-0.2, 0) is 0 Å². The molecule has 0 heterocycles. The highest BCUT2D eigenvalue weighted by atomic mass is 14.3. The second-order valence-corrected chi connectivity index (χ2v) is 7.04. The smallest absolute Gasteiger partial charge is 0.0234 e. The number of hydrogen-bond acceptors (Lipinski definition) is 0. The van der Waals surface area contributed by atoms with Gasteiger partial charge in [-0.2, -0.15) is 0 Å². The second kappa shape index (κ2) is 9.61. The van der Waals surface area contributed by atoms with Gasteiger partial charge in [-0.15, -0.1) is 0 Å². The Morgan fingerprint density at radius 2 is 1.53 bits per heavy atom. The van der Waals surface area contributed by atoms with Gasteiger partial charge >= 0.3 is 0 Å². The van der Waals surface area contributed by atoms with Crippen LogP contribution in [-0.4, -0.2) is 0 Å². The monoisotopic (exact) mass is 266 g/mol. The lowest BCUT2D eigenvalue weighted by Crippen LogP contribution is -2.23. The van der Waals surface area contributed by atoms with Gasteiger partial charge in [-0.1, -0.05) is 79.9 Å². The van der Waals surface area contributed by atoms with Crippen molar-refractivity contribution in [3.63, 3.8) is 0 Å². The first kappa shape index (κ1) is 18.7. The van der Waals surface area contributed by atoms with Crippen molar-refractivity contribution in [2.45, 2.75) is 80.6 Å². The van der Waals surface area contributed by atoms with E-state index in [1.54, 1.807) is 0 Å². The molecular weight excluding hydrogens is 228 g/mol. The molecule has 19 heavy (non-hydrogen) atoms. The Morgan fingerprint density at radius 3 is 1.95 bits per heavy atom. The molecule has 0 radical (unpaired) electrons. The van der Waals surface area contributed by atoms with Crippen molar-refractivity contribution in [1.82, 2.24) is 0 Å². The molecule has 0 heteroatoms. The predicted molar refractivity (Wildman–Crippen MR) is 89.4 cm³/mol. The molecular formula is C19H38. The van der Waals surface area contributed by atoms with E-state index in [0.29, 0.717) is 5.92 Å². The quantitative estimate of drug-likeness (QED) is 0.385. The van der Waals surface area contributed by atoms with Crippen LogP contribution in [0.5, 0.6) is 0 Å². The molecule has 0 aliphatic carbocycles. The van der Waals surface area contributed by atoms with Crippen molar-refractivity contribution in [2.75, 3.05) is 0 Å². The van der Waals surface area contributed by atoms with Crippen molar-refractivity contribution < 1.29 is 0 Å². The zero-order valence-corrected chi connectivity index (χ0v) is 14.6. The van der Waals surface area contributed by atoms with Crippen LogP contribution in [0.25, 0.3) is 0 Å². The summed E-state index contributed by atoms with van der Waals surface area (Å²) in [6, 6.07) is 0. The summed E-state index contributed by atoms with van der Waals surface area (Å²) < 4.78 is 0. The van der Waals surface area contributed by atoms with Gasteiger partial charge in [-0.05, 0) is 42.4 Å². The highest BCUT2D eigenvalue weighted by Crippen LogP contribution is 2.34. The molecule has 0 spiro atoms. The fraction of sp³-hybridized carbons (Fsp3) is 0.895. The van der Waals surface area contributed by atoms with Gasteiger partial charge in [0.2, 0.25) is 0 Å². The minimum absolute atomic E-state index is 0.704. The summed E-state index contributed by atoms with van der Waals surface area (Å²) in [5, 5.41) is 0. The summed E-state index contributed by atoms with van der Waals surface area (Å²) in [6.07, 6.45) is 6.49. The summed E-state index contributed by atoms with van der Waals surface area (Å²) in [5.41, 5.74) is 1.49. The fourth-order valence-corrected chi connectivity index (χ4v) is 2.99. The van der Waals surface area contributed by atoms with Crippen molar-refractivity contribution in [1.29, 1.82) is 0 Å². The summed E-state index contributed by atoms with van der Waals surface area (Å²) in [4.78, 5) is 0. The molecule has 0 aliphatic rings. The molecule has 0 aromatic carbocycles. The van der Waals surface area contributed by atoms with E-state index in [1.165, 1.54) is 37.7 Å². The van der Waals surface area contributed by atoms with E-state index in [0.717, 1.165) is 23.7 Å². The molecule has 0 amide bonds. The molecule has 114 valence electrons. The van der Waals surface area contributed by atoms with E-state index in [4.69, 9.17) is 0 Å². The van der Waals surface area contributed by atoms with Crippen molar-refractivity contribution >= 4 is 0 Å². The Kier molecular flexibility index (Phi) is 9.48. The normalized spacial score (nSPS) is 18.1. The van der Waals surface area contributed by atoms with E-state index in [9.17, 15) is 0 Å². The Balaban J connectivity index is 4.42. The van der Waals surface area contributed by atoms with Crippen LogP contribution in [0.4, 0.5) is 0 Å². The lowest BCUT2D eigenvalue weighted by atomic mass is 9.74. The molecule has 0 rings (SSSR count). The van der Waals surface area contributed by atoms with E-state index < -0.39 is 0 Å². The summed E-state index contributed by atoms with van der Waals surface area (Å²) in [5.74, 6) is 3.92. The van der Waals surface area contributed by atoms with Gasteiger partial charge in [-0.25, -0.2) is 0 Å². The van der Waals surface area contributed by atoms with Crippen molar-refractivity contribution in [3.05, 3.63) is 12.2 Å². The first-order chi connectivity index (χ1) is 8.84. The molecule has 0 saturated carbocycles. The van der Waals surface area contributed by atoms with Crippen LogP contribution in [0.1, 0.15) is 80.6 Å². The second-order valence-electron chi connectivity index (χ2n) is 7.04. The average Bonchev–Trinajstić information content (AvgIpc) is 2.39. The minimum atomic E-state index is 0.704. The third kappa shape index (κ3) is 6.63. The molecule has 0 saturated heterocycles. The third-order valence-electron chi connectivity index (χ3n) is 5.36. The molecule has 0 aliphatic heterocycles. The van der Waals surface area contributed by atoms with Crippen LogP contribution in [0.15, 0.2) is 12.2 Å². The highest BCUT2D eigenvalue weighted by molar-refractivity contribution is 5.01. The van der Waals surface area contributed by atoms with E-state index in [-0.39, 0.29) is 0 Å². The molecule has 4 atom stereocenters. The van der Waals surface area contributed by atoms with Gasteiger partial charge in [0.15, 0.2) is 0 Å². The maximum absolute atomic E-state index is 4.38. The Morgan fingerprint density at radius 1 is 0.947 bits per heavy atom. The predicted octanol–water partition coefficient (Wildman–Crippen LogP) is 6.71. The standard InChI is InChI=1S/C19H38/c1-9-11-12-15(5)16(6)13-19(10-2)18(8)17(7)14(3)4/h14-15,17-19H,6,9-13H2,1-5,7-8H3. The number of hydrogen-bond donors (Lipinski definition) is 0. The van der Waals surface area contributed by atoms with Crippen LogP contribution < -0.4 is 0 Å². The maximum atomic E-state index is 4.38. The summed E-state index contributed by atoms with van der Waals surface area (Å²) in [7, 11) is 0. The summed E-state index contributed by atoms with van der Waals surface area (Å²) >= 11 is 0. The molecule has 4 unspecified atom stereocenters. The van der Waals surface area contributed by atoms with Crippen LogP contribution in [0, 0.1) is 29.6 Å². The number of rotatable bonds is 10. The van der Waals surface area contributed by atoms with Gasteiger partial charge in [0, 0.05) is 0 Å². The molecule has 0 fully saturated rings.